The standard InChI is InChI=1S/C16H27N3O2/c1-4-19(5-2)10-11-21-15-8-6-14(7-9-15)18-16(20)12-13(3)17/h6-9,13H,4-5,10-12,17H2,1-3H3,(H,18,20). The number of hydrogen-bond acceptors (Lipinski definition) is 4. The van der Waals surface area contributed by atoms with E-state index in [1.165, 1.54) is 0 Å². The fourth-order valence-electron chi connectivity index (χ4n) is 1.97. The SMILES string of the molecule is CCN(CC)CCOc1ccc(NC(=O)CC(C)N)cc1. The number of rotatable bonds is 9. The minimum absolute atomic E-state index is 0.0693. The Morgan fingerprint density at radius 3 is 2.43 bits per heavy atom. The summed E-state index contributed by atoms with van der Waals surface area (Å²) in [7, 11) is 0. The van der Waals surface area contributed by atoms with Crippen LogP contribution in [0.1, 0.15) is 27.2 Å². The van der Waals surface area contributed by atoms with Crippen LogP contribution in [-0.2, 0) is 4.79 Å². The fraction of sp³-hybridized carbons (Fsp3) is 0.562. The lowest BCUT2D eigenvalue weighted by Gasteiger charge is -2.18. The largest absolute Gasteiger partial charge is 0.492 e. The number of benzene rings is 1. The maximum Gasteiger partial charge on any atom is 0.225 e. The lowest BCUT2D eigenvalue weighted by Crippen LogP contribution is -2.27. The van der Waals surface area contributed by atoms with E-state index in [-0.39, 0.29) is 11.9 Å². The molecule has 0 saturated carbocycles. The van der Waals surface area contributed by atoms with Crippen LogP contribution in [-0.4, -0.2) is 43.1 Å². The number of carbonyl (C=O) groups is 1. The molecule has 0 heterocycles. The van der Waals surface area contributed by atoms with Crippen molar-refractivity contribution in [2.75, 3.05) is 31.6 Å². The predicted octanol–water partition coefficient (Wildman–Crippen LogP) is 2.08. The minimum Gasteiger partial charge on any atom is -0.492 e. The molecular formula is C16H27N3O2. The quantitative estimate of drug-likeness (QED) is 0.731. The molecule has 0 bridgehead atoms. The summed E-state index contributed by atoms with van der Waals surface area (Å²) >= 11 is 0. The Balaban J connectivity index is 2.38. The lowest BCUT2D eigenvalue weighted by molar-refractivity contribution is -0.116. The molecule has 0 aromatic heterocycles. The first kappa shape index (κ1) is 17.5. The van der Waals surface area contributed by atoms with Crippen molar-refractivity contribution in [1.82, 2.24) is 4.90 Å². The fourth-order valence-corrected chi connectivity index (χ4v) is 1.97. The molecule has 0 aliphatic heterocycles. The molecule has 0 fully saturated rings. The van der Waals surface area contributed by atoms with Gasteiger partial charge in [0.2, 0.25) is 5.91 Å². The molecule has 0 saturated heterocycles. The number of nitrogens with two attached hydrogens (primary N) is 1. The number of carbonyl (C=O) groups excluding carboxylic acids is 1. The van der Waals surface area contributed by atoms with E-state index in [0.29, 0.717) is 13.0 Å². The molecule has 1 amide bonds. The zero-order valence-corrected chi connectivity index (χ0v) is 13.3. The third-order valence-corrected chi connectivity index (χ3v) is 3.22. The summed E-state index contributed by atoms with van der Waals surface area (Å²) in [6.45, 7) is 9.74. The van der Waals surface area contributed by atoms with Gasteiger partial charge in [-0.2, -0.15) is 0 Å². The molecule has 118 valence electrons. The maximum atomic E-state index is 11.6. The molecule has 3 N–H and O–H groups in total. The predicted molar refractivity (Wildman–Crippen MR) is 86.6 cm³/mol. The number of amides is 1. The zero-order valence-electron chi connectivity index (χ0n) is 13.3. The molecule has 1 aromatic carbocycles. The van der Waals surface area contributed by atoms with E-state index in [4.69, 9.17) is 10.5 Å². The second-order valence-electron chi connectivity index (χ2n) is 5.13. The van der Waals surface area contributed by atoms with Crippen molar-refractivity contribution in [3.05, 3.63) is 24.3 Å². The average Bonchev–Trinajstić information content (AvgIpc) is 2.44. The molecule has 1 unspecified atom stereocenters. The Bertz CT molecular complexity index is 414. The first-order chi connectivity index (χ1) is 10.0. The van der Waals surface area contributed by atoms with Crippen LogP contribution in [0.3, 0.4) is 0 Å². The van der Waals surface area contributed by atoms with Gasteiger partial charge in [0.25, 0.3) is 0 Å². The third kappa shape index (κ3) is 7.11. The Morgan fingerprint density at radius 1 is 1.29 bits per heavy atom. The van der Waals surface area contributed by atoms with Crippen LogP contribution < -0.4 is 15.8 Å². The van der Waals surface area contributed by atoms with E-state index in [1.807, 2.05) is 31.2 Å². The molecule has 0 aliphatic rings. The van der Waals surface area contributed by atoms with E-state index in [1.54, 1.807) is 0 Å². The monoisotopic (exact) mass is 293 g/mol. The Kier molecular flexibility index (Phi) is 7.79. The second-order valence-corrected chi connectivity index (χ2v) is 5.13. The molecular weight excluding hydrogens is 266 g/mol. The molecule has 5 nitrogen and oxygen atoms in total. The van der Waals surface area contributed by atoms with Gasteiger partial charge in [-0.25, -0.2) is 0 Å². The molecule has 1 rings (SSSR count). The van der Waals surface area contributed by atoms with Gasteiger partial charge in [0.1, 0.15) is 12.4 Å². The van der Waals surface area contributed by atoms with Crippen molar-refractivity contribution in [3.63, 3.8) is 0 Å². The van der Waals surface area contributed by atoms with Gasteiger partial charge in [-0.15, -0.1) is 0 Å². The number of anilines is 1. The Morgan fingerprint density at radius 2 is 1.90 bits per heavy atom. The van der Waals surface area contributed by atoms with Gasteiger partial charge in [0.05, 0.1) is 0 Å². The topological polar surface area (TPSA) is 67.6 Å². The normalized spacial score (nSPS) is 12.2. The van der Waals surface area contributed by atoms with Gasteiger partial charge in [0.15, 0.2) is 0 Å². The van der Waals surface area contributed by atoms with Gasteiger partial charge in [-0.3, -0.25) is 4.79 Å². The van der Waals surface area contributed by atoms with Crippen LogP contribution in [0.5, 0.6) is 5.75 Å². The van der Waals surface area contributed by atoms with E-state index in [9.17, 15) is 4.79 Å². The van der Waals surface area contributed by atoms with Crippen LogP contribution in [0.2, 0.25) is 0 Å². The van der Waals surface area contributed by atoms with Crippen molar-refractivity contribution < 1.29 is 9.53 Å². The van der Waals surface area contributed by atoms with Gasteiger partial charge >= 0.3 is 0 Å². The van der Waals surface area contributed by atoms with Crippen LogP contribution in [0.4, 0.5) is 5.69 Å². The highest BCUT2D eigenvalue weighted by atomic mass is 16.5. The summed E-state index contributed by atoms with van der Waals surface area (Å²) in [5, 5.41) is 2.81. The van der Waals surface area contributed by atoms with Gasteiger partial charge in [-0.1, -0.05) is 13.8 Å². The van der Waals surface area contributed by atoms with Gasteiger partial charge in [-0.05, 0) is 44.3 Å². The minimum atomic E-state index is -0.132. The number of ether oxygens (including phenoxy) is 1. The summed E-state index contributed by atoms with van der Waals surface area (Å²) in [6, 6.07) is 7.28. The molecule has 21 heavy (non-hydrogen) atoms. The molecule has 0 radical (unpaired) electrons. The van der Waals surface area contributed by atoms with Crippen LogP contribution >= 0.6 is 0 Å². The highest BCUT2D eigenvalue weighted by Crippen LogP contribution is 2.16. The van der Waals surface area contributed by atoms with Crippen LogP contribution in [0.15, 0.2) is 24.3 Å². The summed E-state index contributed by atoms with van der Waals surface area (Å²) in [5.74, 6) is 0.743. The van der Waals surface area contributed by atoms with Crippen molar-refractivity contribution in [3.8, 4) is 5.75 Å². The van der Waals surface area contributed by atoms with Crippen molar-refractivity contribution in [1.29, 1.82) is 0 Å². The Hall–Kier alpha value is -1.59. The highest BCUT2D eigenvalue weighted by molar-refractivity contribution is 5.91. The molecule has 0 aliphatic carbocycles. The van der Waals surface area contributed by atoms with Gasteiger partial charge in [0, 0.05) is 24.7 Å². The average molecular weight is 293 g/mol. The van der Waals surface area contributed by atoms with Crippen molar-refractivity contribution in [2.45, 2.75) is 33.2 Å². The van der Waals surface area contributed by atoms with E-state index in [2.05, 4.69) is 24.1 Å². The molecule has 5 heteroatoms. The number of nitrogens with one attached hydrogen (secondary N) is 1. The highest BCUT2D eigenvalue weighted by Gasteiger charge is 2.05. The van der Waals surface area contributed by atoms with E-state index >= 15 is 0 Å². The van der Waals surface area contributed by atoms with Crippen LogP contribution in [0.25, 0.3) is 0 Å². The first-order valence-electron chi connectivity index (χ1n) is 7.55. The Labute approximate surface area is 127 Å². The zero-order chi connectivity index (χ0) is 15.7. The summed E-state index contributed by atoms with van der Waals surface area (Å²) < 4.78 is 5.69. The number of nitrogens with zero attached hydrogens (tertiary/aromatic N) is 1. The third-order valence-electron chi connectivity index (χ3n) is 3.22. The smallest absolute Gasteiger partial charge is 0.225 e. The molecule has 1 atom stereocenters. The maximum absolute atomic E-state index is 11.6. The lowest BCUT2D eigenvalue weighted by atomic mass is 10.2. The summed E-state index contributed by atoms with van der Waals surface area (Å²) in [4.78, 5) is 13.9. The molecule has 0 spiro atoms. The van der Waals surface area contributed by atoms with Crippen molar-refractivity contribution in [2.24, 2.45) is 5.73 Å². The van der Waals surface area contributed by atoms with Crippen LogP contribution in [0, 0.1) is 0 Å². The number of likely N-dealkylation sites (N-methyl/N-ethyl adjacent to an activating group) is 1. The second kappa shape index (κ2) is 9.37. The van der Waals surface area contributed by atoms with E-state index < -0.39 is 0 Å². The van der Waals surface area contributed by atoms with Gasteiger partial charge < -0.3 is 20.7 Å². The molecule has 1 aromatic rings. The number of hydrogen-bond donors (Lipinski definition) is 2. The summed E-state index contributed by atoms with van der Waals surface area (Å²) in [6.07, 6.45) is 0.322. The van der Waals surface area contributed by atoms with Crippen molar-refractivity contribution >= 4 is 11.6 Å². The first-order valence-corrected chi connectivity index (χ1v) is 7.55. The van der Waals surface area contributed by atoms with E-state index in [0.717, 1.165) is 31.1 Å². The summed E-state index contributed by atoms with van der Waals surface area (Å²) in [5.41, 5.74) is 6.35.